The van der Waals surface area contributed by atoms with Crippen molar-refractivity contribution in [2.75, 3.05) is 0 Å². The van der Waals surface area contributed by atoms with Gasteiger partial charge in [0.15, 0.2) is 6.10 Å². The Kier molecular flexibility index (Phi) is 4.29. The first-order valence-corrected chi connectivity index (χ1v) is 7.56. The quantitative estimate of drug-likeness (QED) is 0.767. The summed E-state index contributed by atoms with van der Waals surface area (Å²) in [6, 6.07) is 21.3. The zero-order chi connectivity index (χ0) is 16.2. The Morgan fingerprint density at radius 1 is 1.00 bits per heavy atom. The zero-order valence-corrected chi connectivity index (χ0v) is 12.9. The van der Waals surface area contributed by atoms with Crippen molar-refractivity contribution >= 4 is 16.7 Å². The number of rotatable bonds is 5. The SMILES string of the molecule is Cc1ccccc1C[C@@H](Oc1ccc2ccccc2c1)C(=O)O. The number of carbonyl (C=O) groups is 1. The van der Waals surface area contributed by atoms with Crippen molar-refractivity contribution in [3.63, 3.8) is 0 Å². The molecule has 0 saturated heterocycles. The van der Waals surface area contributed by atoms with Crippen molar-refractivity contribution in [1.82, 2.24) is 0 Å². The zero-order valence-electron chi connectivity index (χ0n) is 12.9. The molecule has 0 bridgehead atoms. The first-order valence-electron chi connectivity index (χ1n) is 7.56. The van der Waals surface area contributed by atoms with Crippen LogP contribution in [-0.4, -0.2) is 17.2 Å². The largest absolute Gasteiger partial charge is 0.478 e. The summed E-state index contributed by atoms with van der Waals surface area (Å²) in [6.07, 6.45) is -0.563. The van der Waals surface area contributed by atoms with E-state index in [1.807, 2.05) is 73.7 Å². The first-order chi connectivity index (χ1) is 11.1. The Labute approximate surface area is 135 Å². The molecule has 3 heteroatoms. The van der Waals surface area contributed by atoms with Crippen molar-refractivity contribution in [2.24, 2.45) is 0 Å². The van der Waals surface area contributed by atoms with Gasteiger partial charge in [0, 0.05) is 6.42 Å². The van der Waals surface area contributed by atoms with Gasteiger partial charge in [-0.2, -0.15) is 0 Å². The number of carboxylic acid groups (broad SMARTS) is 1. The first kappa shape index (κ1) is 15.1. The number of hydrogen-bond acceptors (Lipinski definition) is 2. The maximum absolute atomic E-state index is 11.6. The van der Waals surface area contributed by atoms with Gasteiger partial charge < -0.3 is 9.84 Å². The maximum Gasteiger partial charge on any atom is 0.345 e. The van der Waals surface area contributed by atoms with E-state index in [1.54, 1.807) is 0 Å². The van der Waals surface area contributed by atoms with Gasteiger partial charge in [0.2, 0.25) is 0 Å². The lowest BCUT2D eigenvalue weighted by molar-refractivity contribution is -0.145. The van der Waals surface area contributed by atoms with E-state index in [2.05, 4.69) is 0 Å². The van der Waals surface area contributed by atoms with Crippen LogP contribution in [0.15, 0.2) is 66.7 Å². The van der Waals surface area contributed by atoms with Crippen LogP contribution in [0.4, 0.5) is 0 Å². The number of fused-ring (bicyclic) bond motifs is 1. The number of aryl methyl sites for hydroxylation is 1. The fraction of sp³-hybridized carbons (Fsp3) is 0.150. The van der Waals surface area contributed by atoms with Gasteiger partial charge in [0.1, 0.15) is 5.75 Å². The van der Waals surface area contributed by atoms with Crippen LogP contribution >= 0.6 is 0 Å². The van der Waals surface area contributed by atoms with Gasteiger partial charge in [-0.05, 0) is 41.0 Å². The highest BCUT2D eigenvalue weighted by Crippen LogP contribution is 2.22. The summed E-state index contributed by atoms with van der Waals surface area (Å²) < 4.78 is 5.74. The van der Waals surface area contributed by atoms with Gasteiger partial charge in [-0.25, -0.2) is 4.79 Å². The molecule has 0 aliphatic carbocycles. The lowest BCUT2D eigenvalue weighted by Gasteiger charge is -2.16. The minimum absolute atomic E-state index is 0.342. The van der Waals surface area contributed by atoms with E-state index < -0.39 is 12.1 Å². The summed E-state index contributed by atoms with van der Waals surface area (Å²) in [4.78, 5) is 11.6. The van der Waals surface area contributed by atoms with Gasteiger partial charge in [-0.3, -0.25) is 0 Å². The van der Waals surface area contributed by atoms with Crippen LogP contribution in [0.25, 0.3) is 10.8 Å². The van der Waals surface area contributed by atoms with Crippen molar-refractivity contribution in [3.8, 4) is 5.75 Å². The third-order valence-electron chi connectivity index (χ3n) is 3.94. The molecule has 3 aromatic rings. The lowest BCUT2D eigenvalue weighted by atomic mass is 10.0. The molecule has 0 heterocycles. The monoisotopic (exact) mass is 306 g/mol. The molecule has 0 unspecified atom stereocenters. The van der Waals surface area contributed by atoms with E-state index in [0.29, 0.717) is 12.2 Å². The number of benzene rings is 3. The normalized spacial score (nSPS) is 12.0. The number of carboxylic acids is 1. The fourth-order valence-electron chi connectivity index (χ4n) is 2.62. The minimum Gasteiger partial charge on any atom is -0.478 e. The van der Waals surface area contributed by atoms with Crippen LogP contribution in [0.3, 0.4) is 0 Å². The third-order valence-corrected chi connectivity index (χ3v) is 3.94. The molecule has 0 aromatic heterocycles. The van der Waals surface area contributed by atoms with Gasteiger partial charge in [-0.1, -0.05) is 54.6 Å². The summed E-state index contributed by atoms with van der Waals surface area (Å²) in [5.74, 6) is -0.383. The minimum atomic E-state index is -0.957. The second kappa shape index (κ2) is 6.53. The predicted molar refractivity (Wildman–Crippen MR) is 90.9 cm³/mol. The summed E-state index contributed by atoms with van der Waals surface area (Å²) in [5.41, 5.74) is 2.06. The summed E-state index contributed by atoms with van der Waals surface area (Å²) in [5, 5.41) is 11.6. The molecule has 0 amide bonds. The van der Waals surface area contributed by atoms with E-state index in [4.69, 9.17) is 4.74 Å². The molecule has 0 aliphatic rings. The second-order valence-corrected chi connectivity index (χ2v) is 5.58. The smallest absolute Gasteiger partial charge is 0.345 e. The average molecular weight is 306 g/mol. The van der Waals surface area contributed by atoms with Gasteiger partial charge in [-0.15, -0.1) is 0 Å². The topological polar surface area (TPSA) is 46.5 Å². The highest BCUT2D eigenvalue weighted by Gasteiger charge is 2.21. The van der Waals surface area contributed by atoms with Crippen LogP contribution in [0.2, 0.25) is 0 Å². The van der Waals surface area contributed by atoms with Crippen molar-refractivity contribution in [2.45, 2.75) is 19.4 Å². The summed E-state index contributed by atoms with van der Waals surface area (Å²) in [7, 11) is 0. The Morgan fingerprint density at radius 3 is 2.43 bits per heavy atom. The fourth-order valence-corrected chi connectivity index (χ4v) is 2.62. The van der Waals surface area contributed by atoms with Crippen LogP contribution in [0.1, 0.15) is 11.1 Å². The molecule has 0 spiro atoms. The standard InChI is InChI=1S/C20H18O3/c1-14-6-2-3-8-16(14)13-19(20(21)22)23-18-11-10-15-7-4-5-9-17(15)12-18/h2-12,19H,13H2,1H3,(H,21,22)/t19-/m1/s1. The highest BCUT2D eigenvalue weighted by atomic mass is 16.5. The lowest BCUT2D eigenvalue weighted by Crippen LogP contribution is -2.29. The van der Waals surface area contributed by atoms with Gasteiger partial charge >= 0.3 is 5.97 Å². The van der Waals surface area contributed by atoms with E-state index in [0.717, 1.165) is 21.9 Å². The molecule has 0 aliphatic heterocycles. The number of aliphatic carboxylic acids is 1. The molecule has 3 nitrogen and oxygen atoms in total. The molecule has 23 heavy (non-hydrogen) atoms. The predicted octanol–water partition coefficient (Wildman–Crippen LogP) is 4.22. The Balaban J connectivity index is 1.84. The van der Waals surface area contributed by atoms with Gasteiger partial charge in [0.05, 0.1) is 0 Å². The Bertz CT molecular complexity index is 839. The van der Waals surface area contributed by atoms with Crippen molar-refractivity contribution in [3.05, 3.63) is 77.9 Å². The van der Waals surface area contributed by atoms with Crippen molar-refractivity contribution < 1.29 is 14.6 Å². The van der Waals surface area contributed by atoms with E-state index in [-0.39, 0.29) is 0 Å². The Morgan fingerprint density at radius 2 is 1.70 bits per heavy atom. The van der Waals surface area contributed by atoms with Crippen LogP contribution < -0.4 is 4.74 Å². The molecule has 3 rings (SSSR count). The molecule has 1 atom stereocenters. The van der Waals surface area contributed by atoms with Gasteiger partial charge in [0.25, 0.3) is 0 Å². The Hall–Kier alpha value is -2.81. The molecule has 0 saturated carbocycles. The summed E-state index contributed by atoms with van der Waals surface area (Å²) in [6.45, 7) is 1.98. The molecular formula is C20H18O3. The molecule has 1 N–H and O–H groups in total. The molecular weight excluding hydrogens is 288 g/mol. The highest BCUT2D eigenvalue weighted by molar-refractivity contribution is 5.84. The van der Waals surface area contributed by atoms with E-state index >= 15 is 0 Å². The van der Waals surface area contributed by atoms with Crippen molar-refractivity contribution in [1.29, 1.82) is 0 Å². The maximum atomic E-state index is 11.6. The molecule has 116 valence electrons. The summed E-state index contributed by atoms with van der Waals surface area (Å²) >= 11 is 0. The molecule has 0 radical (unpaired) electrons. The molecule has 3 aromatic carbocycles. The molecule has 0 fully saturated rings. The van der Waals surface area contributed by atoms with Crippen LogP contribution in [0.5, 0.6) is 5.75 Å². The number of hydrogen-bond donors (Lipinski definition) is 1. The second-order valence-electron chi connectivity index (χ2n) is 5.58. The van der Waals surface area contributed by atoms with Crippen LogP contribution in [0, 0.1) is 6.92 Å². The average Bonchev–Trinajstić information content (AvgIpc) is 2.56. The van der Waals surface area contributed by atoms with Crippen LogP contribution in [-0.2, 0) is 11.2 Å². The van der Waals surface area contributed by atoms with E-state index in [1.165, 1.54) is 0 Å². The third kappa shape index (κ3) is 3.51. The van der Waals surface area contributed by atoms with E-state index in [9.17, 15) is 9.90 Å². The number of ether oxygens (including phenoxy) is 1.